The number of allylic oxidation sites excluding steroid dienone is 1. The minimum atomic E-state index is 0.745. The van der Waals surface area contributed by atoms with E-state index in [1.807, 2.05) is 0 Å². The Bertz CT molecular complexity index is 78.6. The maximum atomic E-state index is 4.83. The molecular weight excluding hydrogens is 215 g/mol. The zero-order valence-corrected chi connectivity index (χ0v) is 7.44. The molecule has 0 heterocycles. The monoisotopic (exact) mass is 226 g/mol. The molecule has 0 aromatic heterocycles. The van der Waals surface area contributed by atoms with Gasteiger partial charge in [-0.1, -0.05) is 34.2 Å². The Labute approximate surface area is 64.2 Å². The molecule has 1 nitrogen and oxygen atoms in total. The summed E-state index contributed by atoms with van der Waals surface area (Å²) in [5, 5.41) is 0. The van der Waals surface area contributed by atoms with Crippen LogP contribution in [0.2, 0.25) is 0 Å². The fourth-order valence-electron chi connectivity index (χ4n) is 0.280. The molecule has 0 aromatic rings. The van der Waals surface area contributed by atoms with Crippen LogP contribution in [0.25, 0.3) is 0 Å². The number of hydrogen-bond acceptors (Lipinski definition) is 1. The number of ether oxygens (including phenoxy) is 1. The van der Waals surface area contributed by atoms with Crippen molar-refractivity contribution in [3.05, 3.63) is 11.6 Å². The molecule has 0 N–H and O–H groups in total. The lowest BCUT2D eigenvalue weighted by Crippen LogP contribution is -1.84. The summed E-state index contributed by atoms with van der Waals surface area (Å²) in [5.74, 6) is 0. The maximum Gasteiger partial charge on any atom is 0.0646 e. The average Bonchev–Trinajstić information content (AvgIpc) is 1.83. The minimum Gasteiger partial charge on any atom is -0.381 e. The van der Waals surface area contributed by atoms with Crippen molar-refractivity contribution < 1.29 is 4.74 Å². The second kappa shape index (κ2) is 5.56. The average molecular weight is 226 g/mol. The molecule has 0 spiro atoms. The molecule has 0 amide bonds. The first-order valence-corrected chi connectivity index (χ1v) is 4.04. The van der Waals surface area contributed by atoms with Crippen LogP contribution in [-0.4, -0.2) is 18.1 Å². The summed E-state index contributed by atoms with van der Waals surface area (Å²) in [6.45, 7) is 2.85. The molecule has 0 fully saturated rings. The van der Waals surface area contributed by atoms with Gasteiger partial charge in [0.1, 0.15) is 0 Å². The normalized spacial score (nSPS) is 12.1. The van der Waals surface area contributed by atoms with Gasteiger partial charge in [-0.3, -0.25) is 0 Å². The molecule has 0 saturated heterocycles. The van der Waals surface area contributed by atoms with Crippen LogP contribution in [0, 0.1) is 0 Å². The molecule has 0 bridgehead atoms. The van der Waals surface area contributed by atoms with Gasteiger partial charge in [-0.25, -0.2) is 0 Å². The van der Waals surface area contributed by atoms with E-state index in [0.717, 1.165) is 11.0 Å². The van der Waals surface area contributed by atoms with E-state index in [1.54, 1.807) is 7.11 Å². The summed E-state index contributed by atoms with van der Waals surface area (Å²) in [5.41, 5.74) is 1.38. The molecule has 0 rings (SSSR count). The van der Waals surface area contributed by atoms with E-state index >= 15 is 0 Å². The van der Waals surface area contributed by atoms with Gasteiger partial charge in [0.2, 0.25) is 0 Å². The lowest BCUT2D eigenvalue weighted by Gasteiger charge is -1.91. The molecule has 0 aliphatic rings. The van der Waals surface area contributed by atoms with Gasteiger partial charge in [-0.05, 0) is 6.92 Å². The highest BCUT2D eigenvalue weighted by atomic mass is 127. The second-order valence-electron chi connectivity index (χ2n) is 1.64. The molecule has 2 heteroatoms. The highest BCUT2D eigenvalue weighted by molar-refractivity contribution is 14.1. The smallest absolute Gasteiger partial charge is 0.0646 e. The summed E-state index contributed by atoms with van der Waals surface area (Å²) in [6, 6.07) is 0. The maximum absolute atomic E-state index is 4.83. The largest absolute Gasteiger partial charge is 0.381 e. The Hall–Kier alpha value is 0.430. The third kappa shape index (κ3) is 4.59. The van der Waals surface area contributed by atoms with Crippen LogP contribution in [0.4, 0.5) is 0 Å². The van der Waals surface area contributed by atoms with Gasteiger partial charge in [0.15, 0.2) is 0 Å². The number of hydrogen-bond donors (Lipinski definition) is 0. The molecule has 0 saturated carbocycles. The zero-order valence-electron chi connectivity index (χ0n) is 5.28. The Balaban J connectivity index is 3.26. The van der Waals surface area contributed by atoms with Crippen molar-refractivity contribution in [3.63, 3.8) is 0 Å². The van der Waals surface area contributed by atoms with Gasteiger partial charge >= 0.3 is 0 Å². The van der Waals surface area contributed by atoms with Gasteiger partial charge in [0, 0.05) is 11.5 Å². The van der Waals surface area contributed by atoms with E-state index in [9.17, 15) is 0 Å². The molecule has 0 atom stereocenters. The first kappa shape index (κ1) is 8.43. The van der Waals surface area contributed by atoms with E-state index in [0.29, 0.717) is 0 Å². The van der Waals surface area contributed by atoms with E-state index < -0.39 is 0 Å². The van der Waals surface area contributed by atoms with Crippen molar-refractivity contribution in [2.75, 3.05) is 18.1 Å². The quantitative estimate of drug-likeness (QED) is 0.406. The zero-order chi connectivity index (χ0) is 6.41. The molecule has 8 heavy (non-hydrogen) atoms. The minimum absolute atomic E-state index is 0.745. The number of alkyl halides is 1. The summed E-state index contributed by atoms with van der Waals surface area (Å²) in [6.07, 6.45) is 2.09. The van der Waals surface area contributed by atoms with Crippen LogP contribution in [0.1, 0.15) is 6.92 Å². The Morgan fingerprint density at radius 2 is 2.38 bits per heavy atom. The lowest BCUT2D eigenvalue weighted by molar-refractivity contribution is 0.233. The molecule has 0 unspecified atom stereocenters. The van der Waals surface area contributed by atoms with Crippen molar-refractivity contribution >= 4 is 22.6 Å². The molecule has 0 radical (unpaired) electrons. The van der Waals surface area contributed by atoms with E-state index in [2.05, 4.69) is 35.6 Å². The topological polar surface area (TPSA) is 9.23 Å². The Kier molecular flexibility index (Phi) is 5.86. The van der Waals surface area contributed by atoms with E-state index in [4.69, 9.17) is 4.74 Å². The summed E-state index contributed by atoms with van der Waals surface area (Å²) < 4.78 is 5.93. The summed E-state index contributed by atoms with van der Waals surface area (Å²) >= 11 is 2.33. The molecule has 48 valence electrons. The highest BCUT2D eigenvalue weighted by Crippen LogP contribution is 1.96. The van der Waals surface area contributed by atoms with Crippen LogP contribution in [0.3, 0.4) is 0 Å². The Morgan fingerprint density at radius 3 is 2.75 bits per heavy atom. The predicted molar refractivity (Wildman–Crippen MR) is 44.5 cm³/mol. The first-order valence-electron chi connectivity index (χ1n) is 2.51. The standard InChI is InChI=1S/C6H11IO/c1-6(5-7)3-4-8-2/h3H,4-5H2,1-2H3/b6-3-. The van der Waals surface area contributed by atoms with Crippen LogP contribution in [0.15, 0.2) is 11.6 Å². The van der Waals surface area contributed by atoms with E-state index in [1.165, 1.54) is 5.57 Å². The third-order valence-electron chi connectivity index (χ3n) is 0.809. The third-order valence-corrected chi connectivity index (χ3v) is 2.01. The lowest BCUT2D eigenvalue weighted by atomic mass is 10.3. The number of halogens is 1. The van der Waals surface area contributed by atoms with Crippen molar-refractivity contribution in [2.45, 2.75) is 6.92 Å². The van der Waals surface area contributed by atoms with Crippen molar-refractivity contribution in [3.8, 4) is 0 Å². The second-order valence-corrected chi connectivity index (χ2v) is 2.40. The van der Waals surface area contributed by atoms with Gasteiger partial charge in [-0.2, -0.15) is 0 Å². The molecule has 0 aliphatic carbocycles. The fourth-order valence-corrected chi connectivity index (χ4v) is 0.592. The highest BCUT2D eigenvalue weighted by Gasteiger charge is 1.80. The van der Waals surface area contributed by atoms with Gasteiger partial charge in [-0.15, -0.1) is 0 Å². The summed E-state index contributed by atoms with van der Waals surface area (Å²) in [7, 11) is 1.71. The van der Waals surface area contributed by atoms with Crippen molar-refractivity contribution in [2.24, 2.45) is 0 Å². The van der Waals surface area contributed by atoms with Gasteiger partial charge in [0.25, 0.3) is 0 Å². The number of rotatable bonds is 3. The predicted octanol–water partition coefficient (Wildman–Crippen LogP) is 2.01. The van der Waals surface area contributed by atoms with Crippen LogP contribution in [0.5, 0.6) is 0 Å². The first-order chi connectivity index (χ1) is 3.81. The van der Waals surface area contributed by atoms with Crippen molar-refractivity contribution in [1.82, 2.24) is 0 Å². The van der Waals surface area contributed by atoms with Crippen molar-refractivity contribution in [1.29, 1.82) is 0 Å². The van der Waals surface area contributed by atoms with Crippen LogP contribution >= 0.6 is 22.6 Å². The molecule has 0 aliphatic heterocycles. The number of methoxy groups -OCH3 is 1. The van der Waals surface area contributed by atoms with E-state index in [-0.39, 0.29) is 0 Å². The Morgan fingerprint density at radius 1 is 1.75 bits per heavy atom. The molecular formula is C6H11IO. The van der Waals surface area contributed by atoms with Gasteiger partial charge in [0.05, 0.1) is 6.61 Å². The fraction of sp³-hybridized carbons (Fsp3) is 0.667. The summed E-state index contributed by atoms with van der Waals surface area (Å²) in [4.78, 5) is 0. The molecule has 0 aromatic carbocycles. The van der Waals surface area contributed by atoms with Crippen LogP contribution in [-0.2, 0) is 4.74 Å². The van der Waals surface area contributed by atoms with Crippen LogP contribution < -0.4 is 0 Å². The van der Waals surface area contributed by atoms with Gasteiger partial charge < -0.3 is 4.74 Å². The SMILES string of the molecule is COC/C=C(/C)CI.